The van der Waals surface area contributed by atoms with Crippen LogP contribution >= 0.6 is 0 Å². The van der Waals surface area contributed by atoms with E-state index in [4.69, 9.17) is 9.47 Å². The van der Waals surface area contributed by atoms with Crippen LogP contribution in [0.3, 0.4) is 0 Å². The Morgan fingerprint density at radius 3 is 2.03 bits per heavy atom. The van der Waals surface area contributed by atoms with Gasteiger partial charge in [0.15, 0.2) is 0 Å². The number of nitrogens with one attached hydrogen (secondary N) is 1. The van der Waals surface area contributed by atoms with Crippen LogP contribution in [-0.4, -0.2) is 41.6 Å². The molecule has 0 atom stereocenters. The predicted octanol–water partition coefficient (Wildman–Crippen LogP) is 4.44. The average molecular weight is 408 g/mol. The van der Waals surface area contributed by atoms with Crippen molar-refractivity contribution in [1.82, 2.24) is 10.2 Å². The molecule has 158 valence electrons. The fourth-order valence-electron chi connectivity index (χ4n) is 4.01. The molecule has 1 saturated heterocycles. The van der Waals surface area contributed by atoms with Crippen LogP contribution in [0.2, 0.25) is 0 Å². The molecule has 0 aliphatic carbocycles. The van der Waals surface area contributed by atoms with Crippen molar-refractivity contribution in [3.05, 3.63) is 59.7 Å². The number of piperidine rings is 1. The van der Waals surface area contributed by atoms with E-state index < -0.39 is 11.5 Å². The number of hydrogen-bond donors (Lipinski definition) is 1. The molecule has 0 aromatic heterocycles. The van der Waals surface area contributed by atoms with Crippen molar-refractivity contribution in [2.45, 2.75) is 51.2 Å². The number of carbonyl (C=O) groups is 2. The summed E-state index contributed by atoms with van der Waals surface area (Å²) in [5.74, 6) is 0.996. The minimum Gasteiger partial charge on any atom is -0.457 e. The Morgan fingerprint density at radius 1 is 0.967 bits per heavy atom. The second-order valence-electron chi connectivity index (χ2n) is 8.86. The van der Waals surface area contributed by atoms with Crippen LogP contribution in [0.25, 0.3) is 0 Å². The molecule has 2 aliphatic rings. The van der Waals surface area contributed by atoms with Crippen LogP contribution in [0.5, 0.6) is 11.5 Å². The van der Waals surface area contributed by atoms with Crippen LogP contribution in [0.1, 0.15) is 50.7 Å². The van der Waals surface area contributed by atoms with Crippen molar-refractivity contribution < 1.29 is 19.1 Å². The molecule has 6 heteroatoms. The number of amides is 2. The number of likely N-dealkylation sites (tertiary alicyclic amines) is 1. The molecule has 0 saturated carbocycles. The quantitative estimate of drug-likeness (QED) is 0.798. The van der Waals surface area contributed by atoms with Crippen molar-refractivity contribution in [2.75, 3.05) is 13.1 Å². The molecule has 2 aromatic carbocycles. The van der Waals surface area contributed by atoms with E-state index in [9.17, 15) is 9.59 Å². The zero-order chi connectivity index (χ0) is 21.3. The van der Waals surface area contributed by atoms with Gasteiger partial charge in [0.05, 0.1) is 5.92 Å². The van der Waals surface area contributed by atoms with Gasteiger partial charge in [-0.2, -0.15) is 0 Å². The molecule has 4 rings (SSSR count). The average Bonchev–Trinajstić information content (AvgIpc) is 2.71. The van der Waals surface area contributed by atoms with Gasteiger partial charge in [0.2, 0.25) is 5.91 Å². The summed E-state index contributed by atoms with van der Waals surface area (Å²) in [4.78, 5) is 27.3. The maximum absolute atomic E-state index is 13.3. The maximum atomic E-state index is 13.3. The minimum atomic E-state index is -0.508. The van der Waals surface area contributed by atoms with E-state index in [0.717, 1.165) is 22.6 Å². The van der Waals surface area contributed by atoms with Gasteiger partial charge in [-0.05, 0) is 45.7 Å². The molecule has 1 N–H and O–H groups in total. The largest absolute Gasteiger partial charge is 0.457 e. The summed E-state index contributed by atoms with van der Waals surface area (Å²) in [5, 5.41) is 3.20. The summed E-state index contributed by atoms with van der Waals surface area (Å²) in [6, 6.07) is 15.4. The van der Waals surface area contributed by atoms with Crippen LogP contribution in [-0.2, 0) is 9.53 Å². The van der Waals surface area contributed by atoms with Crippen LogP contribution in [0.15, 0.2) is 48.5 Å². The summed E-state index contributed by atoms with van der Waals surface area (Å²) >= 11 is 0. The van der Waals surface area contributed by atoms with Crippen molar-refractivity contribution in [3.8, 4) is 11.5 Å². The molecule has 2 aromatic rings. The molecule has 6 nitrogen and oxygen atoms in total. The number of benzene rings is 2. The number of ether oxygens (including phenoxy) is 2. The Hall–Kier alpha value is -3.02. The second kappa shape index (κ2) is 8.01. The molecule has 0 radical (unpaired) electrons. The molecule has 0 unspecified atom stereocenters. The van der Waals surface area contributed by atoms with Crippen molar-refractivity contribution in [1.29, 1.82) is 0 Å². The van der Waals surface area contributed by atoms with E-state index in [1.54, 1.807) is 4.90 Å². The summed E-state index contributed by atoms with van der Waals surface area (Å²) < 4.78 is 11.4. The SMILES string of the molecule is CC(C)(C)OC(=O)N1CCC(NC(=O)C2c3ccccc3Oc3ccccc32)CC1. The lowest BCUT2D eigenvalue weighted by atomic mass is 9.87. The minimum absolute atomic E-state index is 0.0263. The first-order valence-electron chi connectivity index (χ1n) is 10.5. The number of carbonyl (C=O) groups excluding carboxylic acids is 2. The first kappa shape index (κ1) is 20.3. The van der Waals surface area contributed by atoms with Gasteiger partial charge in [0.25, 0.3) is 0 Å². The Bertz CT molecular complexity index is 897. The number of nitrogens with zero attached hydrogens (tertiary/aromatic N) is 1. The molecular formula is C24H28N2O4. The van der Waals surface area contributed by atoms with Gasteiger partial charge in [-0.15, -0.1) is 0 Å². The smallest absolute Gasteiger partial charge is 0.410 e. The number of hydrogen-bond acceptors (Lipinski definition) is 4. The molecule has 2 amide bonds. The standard InChI is InChI=1S/C24H28N2O4/c1-24(2,3)30-23(28)26-14-12-16(13-15-26)25-22(27)21-17-8-4-6-10-19(17)29-20-11-7-5-9-18(20)21/h4-11,16,21H,12-15H2,1-3H3,(H,25,27). The molecular weight excluding hydrogens is 380 g/mol. The predicted molar refractivity (Wildman–Crippen MR) is 114 cm³/mol. The van der Waals surface area contributed by atoms with Gasteiger partial charge in [-0.3, -0.25) is 4.79 Å². The number of para-hydroxylation sites is 2. The zero-order valence-electron chi connectivity index (χ0n) is 17.7. The lowest BCUT2D eigenvalue weighted by molar-refractivity contribution is -0.122. The first-order valence-corrected chi connectivity index (χ1v) is 10.5. The molecule has 2 aliphatic heterocycles. The summed E-state index contributed by atoms with van der Waals surface area (Å²) in [6.45, 7) is 6.73. The van der Waals surface area contributed by atoms with Gasteiger partial charge < -0.3 is 19.7 Å². The molecule has 30 heavy (non-hydrogen) atoms. The van der Waals surface area contributed by atoms with Crippen molar-refractivity contribution in [2.24, 2.45) is 0 Å². The Morgan fingerprint density at radius 2 is 1.50 bits per heavy atom. The number of rotatable bonds is 2. The number of fused-ring (bicyclic) bond motifs is 2. The zero-order valence-corrected chi connectivity index (χ0v) is 17.7. The highest BCUT2D eigenvalue weighted by Crippen LogP contribution is 2.44. The van der Waals surface area contributed by atoms with Gasteiger partial charge in [0, 0.05) is 30.3 Å². The van der Waals surface area contributed by atoms with Gasteiger partial charge in [-0.1, -0.05) is 36.4 Å². The third-order valence-electron chi connectivity index (χ3n) is 5.44. The normalized spacial score (nSPS) is 16.8. The summed E-state index contributed by atoms with van der Waals surface area (Å²) in [7, 11) is 0. The lowest BCUT2D eigenvalue weighted by Crippen LogP contribution is -2.48. The lowest BCUT2D eigenvalue weighted by Gasteiger charge is -2.35. The molecule has 0 bridgehead atoms. The molecule has 0 spiro atoms. The Kier molecular flexibility index (Phi) is 5.41. The summed E-state index contributed by atoms with van der Waals surface area (Å²) in [5.41, 5.74) is 1.24. The third kappa shape index (κ3) is 4.27. The highest BCUT2D eigenvalue weighted by molar-refractivity contribution is 5.89. The van der Waals surface area contributed by atoms with E-state index in [2.05, 4.69) is 5.32 Å². The van der Waals surface area contributed by atoms with E-state index in [1.807, 2.05) is 69.3 Å². The van der Waals surface area contributed by atoms with E-state index in [1.165, 1.54) is 0 Å². The van der Waals surface area contributed by atoms with E-state index in [-0.39, 0.29) is 18.0 Å². The highest BCUT2D eigenvalue weighted by Gasteiger charge is 2.34. The second-order valence-corrected chi connectivity index (χ2v) is 8.86. The molecule has 2 heterocycles. The molecule has 1 fully saturated rings. The maximum Gasteiger partial charge on any atom is 0.410 e. The first-order chi connectivity index (χ1) is 14.3. The van der Waals surface area contributed by atoms with Crippen LogP contribution < -0.4 is 10.1 Å². The fourth-order valence-corrected chi connectivity index (χ4v) is 4.01. The monoisotopic (exact) mass is 408 g/mol. The van der Waals surface area contributed by atoms with Gasteiger partial charge in [-0.25, -0.2) is 4.79 Å². The van der Waals surface area contributed by atoms with Crippen molar-refractivity contribution in [3.63, 3.8) is 0 Å². The van der Waals surface area contributed by atoms with Crippen LogP contribution in [0.4, 0.5) is 4.79 Å². The van der Waals surface area contributed by atoms with E-state index >= 15 is 0 Å². The van der Waals surface area contributed by atoms with Gasteiger partial charge in [0.1, 0.15) is 17.1 Å². The third-order valence-corrected chi connectivity index (χ3v) is 5.44. The summed E-state index contributed by atoms with van der Waals surface area (Å²) in [6.07, 6.45) is 1.12. The van der Waals surface area contributed by atoms with Gasteiger partial charge >= 0.3 is 6.09 Å². The van der Waals surface area contributed by atoms with Crippen LogP contribution in [0, 0.1) is 0 Å². The van der Waals surface area contributed by atoms with Crippen molar-refractivity contribution >= 4 is 12.0 Å². The van der Waals surface area contributed by atoms with E-state index in [0.29, 0.717) is 25.9 Å². The topological polar surface area (TPSA) is 67.9 Å². The Labute approximate surface area is 177 Å². The Balaban J connectivity index is 1.44. The fraction of sp³-hybridized carbons (Fsp3) is 0.417. The highest BCUT2D eigenvalue weighted by atomic mass is 16.6.